The average molecular weight is 358 g/mol. The second-order valence-corrected chi connectivity index (χ2v) is 4.81. The molecule has 0 saturated heterocycles. The monoisotopic (exact) mass is 358 g/mol. The minimum Gasteiger partial charge on any atom is -0.203 e. The third-order valence-corrected chi connectivity index (χ3v) is 3.33. The Kier molecular flexibility index (Phi) is 4.71. The van der Waals surface area contributed by atoms with Crippen LogP contribution < -0.4 is 0 Å². The van der Waals surface area contributed by atoms with Crippen molar-refractivity contribution in [1.82, 2.24) is 0 Å². The van der Waals surface area contributed by atoms with E-state index in [2.05, 4.69) is 0 Å². The lowest BCUT2D eigenvalue weighted by molar-refractivity contribution is -0.137. The van der Waals surface area contributed by atoms with Crippen molar-refractivity contribution in [2.45, 2.75) is 12.6 Å². The van der Waals surface area contributed by atoms with Crippen LogP contribution in [0, 0.1) is 45.9 Å². The van der Waals surface area contributed by atoms with Gasteiger partial charge in [0.1, 0.15) is 0 Å². The lowest BCUT2D eigenvalue weighted by Crippen LogP contribution is -2.11. The molecule has 0 spiro atoms. The Morgan fingerprint density at radius 1 is 0.880 bits per heavy atom. The lowest BCUT2D eigenvalue weighted by atomic mass is 9.94. The van der Waals surface area contributed by atoms with Gasteiger partial charge < -0.3 is 0 Å². The van der Waals surface area contributed by atoms with Crippen LogP contribution >= 0.6 is 0 Å². The number of nitrogens with zero attached hydrogens (tertiary/aromatic N) is 2. The fraction of sp³-hybridized carbons (Fsp3) is 0.125. The first-order chi connectivity index (χ1) is 11.6. The van der Waals surface area contributed by atoms with Gasteiger partial charge in [-0.2, -0.15) is 23.7 Å². The lowest BCUT2D eigenvalue weighted by Gasteiger charge is -2.16. The minimum atomic E-state index is -5.14. The third kappa shape index (κ3) is 3.13. The molecule has 0 unspecified atom stereocenters. The highest BCUT2D eigenvalue weighted by molar-refractivity contribution is 5.71. The molecule has 0 aliphatic rings. The van der Waals surface area contributed by atoms with E-state index < -0.39 is 63.7 Å². The van der Waals surface area contributed by atoms with Crippen LogP contribution in [0.5, 0.6) is 0 Å². The van der Waals surface area contributed by atoms with Gasteiger partial charge >= 0.3 is 6.18 Å². The molecule has 0 aliphatic carbocycles. The van der Waals surface area contributed by atoms with Gasteiger partial charge in [0, 0.05) is 11.1 Å². The van der Waals surface area contributed by atoms with E-state index in [1.165, 1.54) is 12.1 Å². The van der Waals surface area contributed by atoms with E-state index in [0.29, 0.717) is 12.1 Å². The average Bonchev–Trinajstić information content (AvgIpc) is 2.56. The number of halogens is 7. The molecule has 0 aromatic heterocycles. The van der Waals surface area contributed by atoms with Crippen LogP contribution in [0.2, 0.25) is 0 Å². The Balaban J connectivity index is 2.90. The Morgan fingerprint density at radius 3 is 1.88 bits per heavy atom. The molecule has 0 N–H and O–H groups in total. The standard InChI is InChI=1S/C16H5F7N2/c17-12-9(3-4-24)13(18)15(20)11(14(12)19)8-2-1-7(6-25)5-10(8)16(21,22)23/h1-2,5H,3H2. The Bertz CT molecular complexity index is 904. The van der Waals surface area contributed by atoms with E-state index in [9.17, 15) is 30.7 Å². The van der Waals surface area contributed by atoms with E-state index in [-0.39, 0.29) is 0 Å². The highest BCUT2D eigenvalue weighted by Crippen LogP contribution is 2.41. The number of hydrogen-bond donors (Lipinski definition) is 0. The first-order valence-electron chi connectivity index (χ1n) is 6.47. The van der Waals surface area contributed by atoms with Gasteiger partial charge in [-0.25, -0.2) is 17.6 Å². The van der Waals surface area contributed by atoms with Crippen molar-refractivity contribution >= 4 is 0 Å². The van der Waals surface area contributed by atoms with Crippen LogP contribution in [-0.2, 0) is 12.6 Å². The van der Waals surface area contributed by atoms with E-state index >= 15 is 0 Å². The summed E-state index contributed by atoms with van der Waals surface area (Å²) in [6.45, 7) is 0. The summed E-state index contributed by atoms with van der Waals surface area (Å²) in [5, 5.41) is 17.1. The molecule has 2 nitrogen and oxygen atoms in total. The van der Waals surface area contributed by atoms with Crippen LogP contribution in [0.3, 0.4) is 0 Å². The first-order valence-corrected chi connectivity index (χ1v) is 6.47. The predicted molar refractivity (Wildman–Crippen MR) is 70.7 cm³/mol. The zero-order chi connectivity index (χ0) is 18.9. The second-order valence-electron chi connectivity index (χ2n) is 4.81. The van der Waals surface area contributed by atoms with E-state index in [4.69, 9.17) is 10.5 Å². The zero-order valence-electron chi connectivity index (χ0n) is 12.0. The van der Waals surface area contributed by atoms with Crippen molar-refractivity contribution in [2.75, 3.05) is 0 Å². The molecular formula is C16H5F7N2. The van der Waals surface area contributed by atoms with Gasteiger partial charge in [-0.05, 0) is 12.1 Å². The number of hydrogen-bond acceptors (Lipinski definition) is 2. The highest BCUT2D eigenvalue weighted by Gasteiger charge is 2.37. The van der Waals surface area contributed by atoms with Crippen molar-refractivity contribution in [1.29, 1.82) is 10.5 Å². The number of benzene rings is 2. The maximum atomic E-state index is 14.1. The van der Waals surface area contributed by atoms with Crippen LogP contribution in [0.4, 0.5) is 30.7 Å². The summed E-state index contributed by atoms with van der Waals surface area (Å²) in [6.07, 6.45) is -6.15. The van der Waals surface area contributed by atoms with Crippen molar-refractivity contribution in [3.05, 3.63) is 58.2 Å². The van der Waals surface area contributed by atoms with E-state index in [1.807, 2.05) is 0 Å². The third-order valence-electron chi connectivity index (χ3n) is 3.33. The largest absolute Gasteiger partial charge is 0.417 e. The van der Waals surface area contributed by atoms with E-state index in [0.717, 1.165) is 6.07 Å². The fourth-order valence-electron chi connectivity index (χ4n) is 2.21. The normalized spacial score (nSPS) is 11.1. The fourth-order valence-corrected chi connectivity index (χ4v) is 2.21. The summed E-state index contributed by atoms with van der Waals surface area (Å²) in [5.74, 6) is -8.01. The van der Waals surface area contributed by atoms with Crippen molar-refractivity contribution in [3.8, 4) is 23.3 Å². The Hall–Kier alpha value is -3.07. The topological polar surface area (TPSA) is 47.6 Å². The minimum absolute atomic E-state index is 0.313. The number of nitriles is 2. The van der Waals surface area contributed by atoms with Crippen LogP contribution in [0.25, 0.3) is 11.1 Å². The van der Waals surface area contributed by atoms with Gasteiger partial charge in [0.25, 0.3) is 0 Å². The summed E-state index contributed by atoms with van der Waals surface area (Å²) < 4.78 is 95.4. The number of alkyl halides is 3. The Labute approximate surface area is 136 Å². The molecule has 0 heterocycles. The van der Waals surface area contributed by atoms with Gasteiger partial charge in [0.15, 0.2) is 23.3 Å². The SMILES string of the molecule is N#CCc1c(F)c(F)c(-c2ccc(C#N)cc2C(F)(F)F)c(F)c1F. The van der Waals surface area contributed by atoms with E-state index in [1.54, 1.807) is 0 Å². The molecule has 0 saturated carbocycles. The quantitative estimate of drug-likeness (QED) is 0.568. The zero-order valence-corrected chi connectivity index (χ0v) is 12.0. The van der Waals surface area contributed by atoms with Crippen LogP contribution in [0.15, 0.2) is 18.2 Å². The van der Waals surface area contributed by atoms with Gasteiger partial charge in [-0.15, -0.1) is 0 Å². The molecule has 0 atom stereocenters. The van der Waals surface area contributed by atoms with Crippen LogP contribution in [0.1, 0.15) is 16.7 Å². The Morgan fingerprint density at radius 2 is 1.44 bits per heavy atom. The highest BCUT2D eigenvalue weighted by atomic mass is 19.4. The van der Waals surface area contributed by atoms with Crippen molar-refractivity contribution < 1.29 is 30.7 Å². The second kappa shape index (κ2) is 6.44. The molecule has 2 rings (SSSR count). The molecule has 25 heavy (non-hydrogen) atoms. The van der Waals surface area contributed by atoms with Crippen molar-refractivity contribution in [2.24, 2.45) is 0 Å². The number of rotatable bonds is 2. The summed E-state index contributed by atoms with van der Waals surface area (Å²) in [6, 6.07) is 4.41. The van der Waals surface area contributed by atoms with Crippen molar-refractivity contribution in [3.63, 3.8) is 0 Å². The molecule has 0 bridgehead atoms. The molecule has 0 fully saturated rings. The predicted octanol–water partition coefficient (Wildman–Crippen LogP) is 4.87. The molecule has 9 heteroatoms. The van der Waals surface area contributed by atoms with Gasteiger partial charge in [0.05, 0.1) is 35.2 Å². The molecule has 2 aromatic carbocycles. The van der Waals surface area contributed by atoms with Gasteiger partial charge in [-0.1, -0.05) is 6.07 Å². The maximum absolute atomic E-state index is 14.1. The molecular weight excluding hydrogens is 353 g/mol. The van der Waals surface area contributed by atoms with Crippen LogP contribution in [-0.4, -0.2) is 0 Å². The molecule has 0 radical (unpaired) electrons. The molecule has 2 aromatic rings. The molecule has 0 amide bonds. The molecule has 0 aliphatic heterocycles. The summed E-state index contributed by atoms with van der Waals surface area (Å²) >= 11 is 0. The van der Waals surface area contributed by atoms with Gasteiger partial charge in [0.2, 0.25) is 0 Å². The summed E-state index contributed by atoms with van der Waals surface area (Å²) in [7, 11) is 0. The smallest absolute Gasteiger partial charge is 0.203 e. The summed E-state index contributed by atoms with van der Waals surface area (Å²) in [5.41, 5.74) is -6.03. The summed E-state index contributed by atoms with van der Waals surface area (Å²) in [4.78, 5) is 0. The first kappa shape index (κ1) is 18.3. The van der Waals surface area contributed by atoms with Gasteiger partial charge in [-0.3, -0.25) is 0 Å². The molecule has 128 valence electrons. The maximum Gasteiger partial charge on any atom is 0.417 e.